The summed E-state index contributed by atoms with van der Waals surface area (Å²) in [5.74, 6) is 1.49. The Morgan fingerprint density at radius 2 is 1.53 bits per heavy atom. The van der Waals surface area contributed by atoms with Gasteiger partial charge in [-0.1, -0.05) is 37.3 Å². The predicted molar refractivity (Wildman–Crippen MR) is 124 cm³/mol. The Morgan fingerprint density at radius 3 is 2.20 bits per heavy atom. The summed E-state index contributed by atoms with van der Waals surface area (Å²) in [5, 5.41) is 9.78. The lowest BCUT2D eigenvalue weighted by atomic mass is 9.88. The van der Waals surface area contributed by atoms with Crippen molar-refractivity contribution in [1.82, 2.24) is 8.75 Å². The highest BCUT2D eigenvalue weighted by molar-refractivity contribution is 7.00. The van der Waals surface area contributed by atoms with E-state index in [0.717, 1.165) is 45.5 Å². The third-order valence-corrected chi connectivity index (χ3v) is 5.61. The summed E-state index contributed by atoms with van der Waals surface area (Å²) in [6, 6.07) is 21.6. The molecule has 0 bridgehead atoms. The van der Waals surface area contributed by atoms with Gasteiger partial charge in [0, 0.05) is 0 Å². The zero-order valence-electron chi connectivity index (χ0n) is 16.5. The molecule has 4 nitrogen and oxygen atoms in total. The van der Waals surface area contributed by atoms with Gasteiger partial charge in [-0.3, -0.25) is 0 Å². The van der Waals surface area contributed by atoms with Crippen LogP contribution in [0.4, 0.5) is 0 Å². The van der Waals surface area contributed by atoms with Crippen molar-refractivity contribution in [3.63, 3.8) is 0 Å². The van der Waals surface area contributed by atoms with Gasteiger partial charge in [-0.2, -0.15) is 8.75 Å². The number of benzene rings is 3. The maximum absolute atomic E-state index is 9.78. The molecule has 0 fully saturated rings. The number of rotatable bonds is 7. The van der Waals surface area contributed by atoms with Crippen LogP contribution in [0.3, 0.4) is 0 Å². The van der Waals surface area contributed by atoms with Gasteiger partial charge in [0.05, 0.1) is 17.6 Å². The number of alkyl halides is 1. The second-order valence-electron chi connectivity index (χ2n) is 6.78. The molecule has 1 heterocycles. The average molecular weight is 437 g/mol. The van der Waals surface area contributed by atoms with Gasteiger partial charge in [0.1, 0.15) is 29.1 Å². The third kappa shape index (κ3) is 4.32. The fourth-order valence-electron chi connectivity index (χ4n) is 3.51. The van der Waals surface area contributed by atoms with Crippen LogP contribution in [-0.4, -0.2) is 26.3 Å². The molecule has 0 amide bonds. The van der Waals surface area contributed by atoms with Gasteiger partial charge in [-0.05, 0) is 70.7 Å². The van der Waals surface area contributed by atoms with Crippen LogP contribution < -0.4 is 4.74 Å². The molecule has 0 radical (unpaired) electrons. The number of aromatic nitrogens is 2. The highest BCUT2D eigenvalue weighted by atomic mass is 35.5. The highest BCUT2D eigenvalue weighted by Crippen LogP contribution is 2.36. The van der Waals surface area contributed by atoms with Crippen LogP contribution >= 0.6 is 23.3 Å². The van der Waals surface area contributed by atoms with Crippen LogP contribution in [0.15, 0.2) is 66.7 Å². The molecular formula is C24H21ClN2O2S. The van der Waals surface area contributed by atoms with E-state index >= 15 is 0 Å². The number of phenolic OH excluding ortho intramolecular Hbond substituents is 1. The van der Waals surface area contributed by atoms with Crippen molar-refractivity contribution < 1.29 is 9.84 Å². The van der Waals surface area contributed by atoms with Crippen LogP contribution in [0.25, 0.3) is 22.2 Å². The first-order valence-corrected chi connectivity index (χ1v) is 11.0. The van der Waals surface area contributed by atoms with E-state index in [1.807, 2.05) is 30.3 Å². The molecule has 4 aromatic rings. The number of fused-ring (bicyclic) bond motifs is 1. The summed E-state index contributed by atoms with van der Waals surface area (Å²) in [6.45, 7) is 2.63. The minimum Gasteiger partial charge on any atom is -0.508 e. The van der Waals surface area contributed by atoms with E-state index in [9.17, 15) is 5.11 Å². The molecule has 0 saturated carbocycles. The van der Waals surface area contributed by atoms with E-state index in [1.165, 1.54) is 17.3 Å². The number of hydrogen-bond acceptors (Lipinski definition) is 5. The molecular weight excluding hydrogens is 416 g/mol. The Morgan fingerprint density at radius 1 is 0.900 bits per heavy atom. The van der Waals surface area contributed by atoms with Gasteiger partial charge in [0.2, 0.25) is 0 Å². The van der Waals surface area contributed by atoms with Gasteiger partial charge in [0.15, 0.2) is 0 Å². The Kier molecular flexibility index (Phi) is 6.31. The zero-order valence-corrected chi connectivity index (χ0v) is 18.1. The second-order valence-corrected chi connectivity index (χ2v) is 7.69. The van der Waals surface area contributed by atoms with E-state index in [0.29, 0.717) is 12.5 Å². The molecule has 0 aliphatic heterocycles. The standard InChI is InChI=1S/C24H21ClN2O2S/c1-2-21(18-7-12-22-23(15-18)27-30-26-22)24(16-3-8-19(28)9-4-16)17-5-10-20(11-6-17)29-14-13-25/h3-12,15,28H,2,13-14H2,1H3/b24-21+. The summed E-state index contributed by atoms with van der Waals surface area (Å²) in [6.07, 6.45) is 0.837. The SMILES string of the molecule is CC/C(=C(/c1ccc(O)cc1)c1ccc(OCCCl)cc1)c1ccc2nsnc2c1. The van der Waals surface area contributed by atoms with E-state index < -0.39 is 0 Å². The van der Waals surface area contributed by atoms with Crippen LogP contribution in [0.1, 0.15) is 30.0 Å². The van der Waals surface area contributed by atoms with Crippen LogP contribution in [0, 0.1) is 0 Å². The van der Waals surface area contributed by atoms with Crippen molar-refractivity contribution in [2.75, 3.05) is 12.5 Å². The molecule has 1 aromatic heterocycles. The average Bonchev–Trinajstić information content (AvgIpc) is 3.25. The highest BCUT2D eigenvalue weighted by Gasteiger charge is 2.14. The van der Waals surface area contributed by atoms with Crippen molar-refractivity contribution in [3.05, 3.63) is 83.4 Å². The second kappa shape index (κ2) is 9.28. The molecule has 0 atom stereocenters. The molecule has 0 saturated heterocycles. The lowest BCUT2D eigenvalue weighted by Crippen LogP contribution is -1.99. The molecule has 6 heteroatoms. The molecule has 3 aromatic carbocycles. The molecule has 1 N–H and O–H groups in total. The number of halogens is 1. The maximum Gasteiger partial charge on any atom is 0.119 e. The van der Waals surface area contributed by atoms with Crippen LogP contribution in [0.2, 0.25) is 0 Å². The van der Waals surface area contributed by atoms with Gasteiger partial charge in [-0.15, -0.1) is 11.6 Å². The first-order chi connectivity index (χ1) is 14.7. The molecule has 152 valence electrons. The summed E-state index contributed by atoms with van der Waals surface area (Å²) in [5.41, 5.74) is 7.35. The molecule has 0 unspecified atom stereocenters. The molecule has 0 aliphatic carbocycles. The Labute approximate surface area is 184 Å². The summed E-state index contributed by atoms with van der Waals surface area (Å²) >= 11 is 6.95. The van der Waals surface area contributed by atoms with Gasteiger partial charge in [-0.25, -0.2) is 0 Å². The summed E-state index contributed by atoms with van der Waals surface area (Å²) in [7, 11) is 0. The lowest BCUT2D eigenvalue weighted by Gasteiger charge is -2.17. The minimum atomic E-state index is 0.246. The predicted octanol–water partition coefficient (Wildman–Crippen LogP) is 6.38. The fraction of sp³-hybridized carbons (Fsp3) is 0.167. The summed E-state index contributed by atoms with van der Waals surface area (Å²) < 4.78 is 14.3. The third-order valence-electron chi connectivity index (χ3n) is 4.90. The quantitative estimate of drug-likeness (QED) is 0.269. The van der Waals surface area contributed by atoms with E-state index in [-0.39, 0.29) is 5.75 Å². The van der Waals surface area contributed by atoms with Crippen molar-refractivity contribution in [2.45, 2.75) is 13.3 Å². The van der Waals surface area contributed by atoms with Crippen molar-refractivity contribution >= 4 is 45.5 Å². The first-order valence-electron chi connectivity index (χ1n) is 9.74. The van der Waals surface area contributed by atoms with Crippen molar-refractivity contribution in [2.24, 2.45) is 0 Å². The normalized spacial score (nSPS) is 12.1. The minimum absolute atomic E-state index is 0.246. The molecule has 0 spiro atoms. The number of allylic oxidation sites excluding steroid dienone is 1. The summed E-state index contributed by atoms with van der Waals surface area (Å²) in [4.78, 5) is 0. The lowest BCUT2D eigenvalue weighted by molar-refractivity contribution is 0.343. The molecule has 30 heavy (non-hydrogen) atoms. The van der Waals surface area contributed by atoms with Gasteiger partial charge < -0.3 is 9.84 Å². The molecule has 4 rings (SSSR count). The number of ether oxygens (including phenoxy) is 1. The van der Waals surface area contributed by atoms with E-state index in [4.69, 9.17) is 16.3 Å². The molecule has 0 aliphatic rings. The topological polar surface area (TPSA) is 55.2 Å². The smallest absolute Gasteiger partial charge is 0.119 e. The monoisotopic (exact) mass is 436 g/mol. The maximum atomic E-state index is 9.78. The van der Waals surface area contributed by atoms with Crippen LogP contribution in [0.5, 0.6) is 11.5 Å². The first kappa shape index (κ1) is 20.4. The number of hydrogen-bond donors (Lipinski definition) is 1. The van der Waals surface area contributed by atoms with Crippen LogP contribution in [-0.2, 0) is 0 Å². The Bertz CT molecular complexity index is 1170. The Hall–Kier alpha value is -2.89. The fourth-order valence-corrected chi connectivity index (χ4v) is 4.11. The zero-order chi connectivity index (χ0) is 20.9. The number of phenols is 1. The van der Waals surface area contributed by atoms with Crippen molar-refractivity contribution in [1.29, 1.82) is 0 Å². The number of nitrogens with zero attached hydrogens (tertiary/aromatic N) is 2. The Balaban J connectivity index is 1.87. The van der Waals surface area contributed by atoms with E-state index in [2.05, 4.69) is 39.9 Å². The van der Waals surface area contributed by atoms with Gasteiger partial charge in [0.25, 0.3) is 0 Å². The van der Waals surface area contributed by atoms with E-state index in [1.54, 1.807) is 12.1 Å². The largest absolute Gasteiger partial charge is 0.508 e. The number of aromatic hydroxyl groups is 1. The van der Waals surface area contributed by atoms with Gasteiger partial charge >= 0.3 is 0 Å². The van der Waals surface area contributed by atoms with Crippen molar-refractivity contribution in [3.8, 4) is 11.5 Å².